The Morgan fingerprint density at radius 3 is 0.669 bits per heavy atom. The summed E-state index contributed by atoms with van der Waals surface area (Å²) in [5.41, 5.74) is 23.1. The summed E-state index contributed by atoms with van der Waals surface area (Å²) in [5, 5.41) is 69.7. The summed E-state index contributed by atoms with van der Waals surface area (Å²) in [7, 11) is -3.93. The van der Waals surface area contributed by atoms with Gasteiger partial charge in [0.05, 0.1) is 107 Å². The lowest BCUT2D eigenvalue weighted by molar-refractivity contribution is -0.432. The van der Waals surface area contributed by atoms with Crippen LogP contribution in [-0.2, 0) is 80.5 Å². The first-order valence-electron chi connectivity index (χ1n) is 39.7. The summed E-state index contributed by atoms with van der Waals surface area (Å²) in [4.78, 5) is 77.0. The van der Waals surface area contributed by atoms with Gasteiger partial charge in [0.25, 0.3) is 17.9 Å². The average Bonchev–Trinajstić information content (AvgIpc) is 1.58. The Labute approximate surface area is 792 Å². The van der Waals surface area contributed by atoms with E-state index >= 15 is 0 Å². The molecule has 14 N–H and O–H groups in total. The third-order valence-electron chi connectivity index (χ3n) is 17.0. The number of carboxylic acid groups (broad SMARTS) is 3. The molecule has 4 aliphatic carbocycles. The Morgan fingerprint density at radius 2 is 0.489 bits per heavy atom. The highest BCUT2D eigenvalue weighted by atomic mass is 32.2. The van der Waals surface area contributed by atoms with Gasteiger partial charge < -0.3 is 15.3 Å². The van der Waals surface area contributed by atoms with Crippen LogP contribution in [0, 0.1) is 0 Å². The number of rotatable bonds is 14. The highest BCUT2D eigenvalue weighted by molar-refractivity contribution is 7.95. The molecule has 0 saturated carbocycles. The van der Waals surface area contributed by atoms with Gasteiger partial charge in [0, 0.05) is 183 Å². The molecule has 0 saturated heterocycles. The first kappa shape index (κ1) is 112. The minimum absolute atomic E-state index is 0.0229. The molecule has 0 unspecified atom stereocenters. The molecule has 704 valence electrons. The Hall–Kier alpha value is -11.3. The van der Waals surface area contributed by atoms with Crippen LogP contribution in [0.4, 0.5) is 0 Å². The van der Waals surface area contributed by atoms with Crippen LogP contribution in [-0.4, -0.2) is 129 Å². The number of carbonyl (C=O) groups is 3. The van der Waals surface area contributed by atoms with Gasteiger partial charge in [-0.15, -0.1) is 41.0 Å². The van der Waals surface area contributed by atoms with Gasteiger partial charge in [0.2, 0.25) is 10.0 Å². The lowest BCUT2D eigenvalue weighted by atomic mass is 10.0. The van der Waals surface area contributed by atoms with E-state index in [4.69, 9.17) is 90.5 Å². The van der Waals surface area contributed by atoms with E-state index in [2.05, 4.69) is 183 Å². The fourth-order valence-corrected chi connectivity index (χ4v) is 14.4. The van der Waals surface area contributed by atoms with Gasteiger partial charge in [0.15, 0.2) is 0 Å². The number of carboxylic acids is 3. The van der Waals surface area contributed by atoms with Crippen LogP contribution in [0.1, 0.15) is 76.2 Å². The number of nitrogens with zero attached hydrogens (tertiary/aromatic N) is 8. The van der Waals surface area contributed by atoms with Crippen molar-refractivity contribution in [3.05, 3.63) is 231 Å². The van der Waals surface area contributed by atoms with E-state index in [0.29, 0.717) is 32.7 Å². The molecule has 0 spiro atoms. The maximum absolute atomic E-state index is 12.0. The van der Waals surface area contributed by atoms with Crippen LogP contribution in [0.3, 0.4) is 0 Å². The molecule has 35 nitrogen and oxygen atoms in total. The molecule has 20 rings (SSSR count). The van der Waals surface area contributed by atoms with E-state index in [1.807, 2.05) is 159 Å². The molecule has 0 radical (unpaired) electrons. The van der Waals surface area contributed by atoms with Gasteiger partial charge in [-0.25, -0.2) is 69.2 Å². The monoisotopic (exact) mass is 1950 g/mol. The fourth-order valence-electron chi connectivity index (χ4n) is 13.0. The van der Waals surface area contributed by atoms with E-state index in [9.17, 15) is 8.42 Å². The molecule has 12 aromatic carbocycles. The summed E-state index contributed by atoms with van der Waals surface area (Å²) in [6.45, 7) is 19.2. The largest absolute Gasteiger partial charge is 0.481 e. The van der Waals surface area contributed by atoms with Crippen LogP contribution in [0.2, 0.25) is 0 Å². The predicted molar refractivity (Wildman–Crippen MR) is 529 cm³/mol. The first-order chi connectivity index (χ1) is 64.5. The van der Waals surface area contributed by atoms with E-state index < -0.39 is 27.9 Å². The van der Waals surface area contributed by atoms with Gasteiger partial charge in [-0.3, -0.25) is 14.4 Å². The molecule has 4 aromatic heterocycles. The normalized spacial score (nSPS) is 10.4. The number of benzene rings is 12. The van der Waals surface area contributed by atoms with Crippen molar-refractivity contribution >= 4 is 187 Å². The lowest BCUT2D eigenvalue weighted by Gasteiger charge is -2.07. The summed E-state index contributed by atoms with van der Waals surface area (Å²) in [6.07, 6.45) is 8.35. The molecule has 4 heterocycles. The molecule has 16 aromatic rings. The summed E-state index contributed by atoms with van der Waals surface area (Å²) < 4.78 is 48.2. The van der Waals surface area contributed by atoms with Crippen molar-refractivity contribution in [2.75, 3.05) is 31.3 Å². The number of aliphatic carboxylic acids is 3. The van der Waals surface area contributed by atoms with Gasteiger partial charge >= 0.3 is 0 Å². The topological polar surface area (TPSA) is 525 Å². The van der Waals surface area contributed by atoms with Crippen LogP contribution in [0.25, 0.3) is 177 Å². The van der Waals surface area contributed by atoms with Gasteiger partial charge in [-0.2, -0.15) is 17.7 Å². The molecule has 0 amide bonds. The second kappa shape index (κ2) is 60.1. The third kappa shape index (κ3) is 31.4. The van der Waals surface area contributed by atoms with Gasteiger partial charge in [-0.1, -0.05) is 228 Å². The molecule has 0 aliphatic heterocycles. The fraction of sp³-hybridized carbons (Fsp3) is 0.176. The van der Waals surface area contributed by atoms with Gasteiger partial charge in [-0.05, 0) is 94.3 Å². The van der Waals surface area contributed by atoms with Crippen molar-refractivity contribution < 1.29 is 110 Å². The molecule has 0 fully saturated rings. The lowest BCUT2D eigenvalue weighted by Crippen LogP contribution is -2.12. The summed E-state index contributed by atoms with van der Waals surface area (Å²) in [6, 6.07) is 76.4. The number of sulfonamides is 1. The number of hydrogen-bond donors (Lipinski definition) is 10. The third-order valence-corrected chi connectivity index (χ3v) is 19.5. The van der Waals surface area contributed by atoms with Crippen LogP contribution in [0.15, 0.2) is 240 Å². The number of nitrogens with two attached hydrogens (primary N) is 4. The van der Waals surface area contributed by atoms with Crippen molar-refractivity contribution in [2.24, 2.45) is 22.8 Å². The molecule has 42 heteroatoms. The van der Waals surface area contributed by atoms with E-state index in [0.717, 1.165) is 177 Å². The minimum Gasteiger partial charge on any atom is -0.481 e. The molecular weight excluding hydrogens is 1850 g/mol. The van der Waals surface area contributed by atoms with Crippen LogP contribution in [0.5, 0.6) is 0 Å². The molecule has 0 atom stereocenters. The maximum Gasteiger partial charge on any atom is 0.300 e. The van der Waals surface area contributed by atoms with Crippen molar-refractivity contribution in [2.45, 2.75) is 86.0 Å². The minimum atomic E-state index is -3.93. The molecular formula is C91H100N12O23S7. The Balaban J connectivity index is 0.000000274. The number of para-hydroxylation sites is 8. The zero-order chi connectivity index (χ0) is 98.1. The van der Waals surface area contributed by atoms with Crippen molar-refractivity contribution in [3.8, 4) is 90.1 Å². The number of aromatic nitrogens is 8. The highest BCUT2D eigenvalue weighted by Crippen LogP contribution is 2.51. The average molecular weight is 1950 g/mol. The number of primary sulfonamides is 1. The van der Waals surface area contributed by atoms with Crippen LogP contribution >= 0.6 is 72.3 Å². The van der Waals surface area contributed by atoms with E-state index in [-0.39, 0.29) is 4.90 Å². The van der Waals surface area contributed by atoms with Crippen molar-refractivity contribution in [3.63, 3.8) is 0 Å². The Morgan fingerprint density at radius 1 is 0.286 bits per heavy atom. The van der Waals surface area contributed by atoms with Crippen LogP contribution < -0.4 is 22.8 Å². The highest BCUT2D eigenvalue weighted by Gasteiger charge is 2.30. The molecule has 133 heavy (non-hydrogen) atoms. The SMILES string of the molecule is CC.CC.CC.CC.CC(=O)O.CC(=O)O.CC(=O)O.CSOON.CSOON.CSOON.CSOOO.CSOOO.NS(=O)(=O)c1cc2c3c(cc(SOOO)cc3c1)-c1nc3ccccc3nc1-2.c1cc2c3c(cccc3c1)-c1nc3ccccc3nc1-2.c1cc2c3c(cccc3c1)-c1nc3ccccc3nc1-2.c1cc2c3c(cccc3c1)-c1nc3ccccc3nc1-2. The van der Waals surface area contributed by atoms with E-state index in [1.54, 1.807) is 37.3 Å². The second-order valence-corrected chi connectivity index (χ2v) is 29.4. The number of fused-ring (bicyclic) bond motifs is 16. The van der Waals surface area contributed by atoms with Gasteiger partial charge in [0.1, 0.15) is 0 Å². The van der Waals surface area contributed by atoms with Crippen molar-refractivity contribution in [1.29, 1.82) is 0 Å². The van der Waals surface area contributed by atoms with Crippen molar-refractivity contribution in [1.82, 2.24) is 39.9 Å². The quantitative estimate of drug-likeness (QED) is 0.0275. The number of hydrogen-bond acceptors (Lipinski definition) is 37. The summed E-state index contributed by atoms with van der Waals surface area (Å²) >= 11 is 5.80. The molecule has 0 bridgehead atoms. The van der Waals surface area contributed by atoms with E-state index in [1.165, 1.54) is 77.8 Å². The summed E-state index contributed by atoms with van der Waals surface area (Å²) in [5.74, 6) is 10.7. The second-order valence-electron chi connectivity index (χ2n) is 24.7. The predicted octanol–water partition coefficient (Wildman–Crippen LogP) is 22.8. The maximum atomic E-state index is 12.0. The zero-order valence-corrected chi connectivity index (χ0v) is 80.5. The standard InChI is InChI=1S/C18H11N3O5S2.3C18H10N2.3C2H4O2.4C2H6.3CH5NO2S.2CH4O3S/c19-28(23,24)11-6-9-5-10(27-26-25-22)7-12-16(9)13(8-11)18-17(12)20-14-3-1-2-4-15(14)21-18;3*1-2-10-15-14(9-1)19-17-12-7-3-5-11-6-4-8-13(16(11)12)18(17)20-15;3*1-2(3)4;4*1-2;5*1-5-4-3-2/h1-8,22H,(H2,19,23,24);3*1-10H;3*1H3,(H,3,4);4*1-2H3;3*2H2,1H3;2*2H,1H3. The first-order valence-corrected chi connectivity index (χ1v) is 47.8. The zero-order valence-electron chi connectivity index (χ0n) is 74.8. The Kier molecular flexibility index (Phi) is 50.7. The smallest absolute Gasteiger partial charge is 0.300 e. The molecule has 4 aliphatic rings. The Bertz CT molecular complexity index is 5860.